The van der Waals surface area contributed by atoms with Crippen molar-refractivity contribution >= 4 is 23.1 Å². The van der Waals surface area contributed by atoms with E-state index < -0.39 is 11.4 Å². The number of aliphatic carboxylic acids is 1. The summed E-state index contributed by atoms with van der Waals surface area (Å²) in [4.78, 5) is 11.4. The summed E-state index contributed by atoms with van der Waals surface area (Å²) in [6, 6.07) is 5.49. The third-order valence-corrected chi connectivity index (χ3v) is 3.78. The number of halogens is 1. The van der Waals surface area contributed by atoms with Gasteiger partial charge in [-0.3, -0.25) is 4.79 Å². The molecule has 0 radical (unpaired) electrons. The Labute approximate surface area is 106 Å². The summed E-state index contributed by atoms with van der Waals surface area (Å²) >= 11 is 6.05. The molecule has 0 unspecified atom stereocenters. The van der Waals surface area contributed by atoms with Gasteiger partial charge in [-0.15, -0.1) is 0 Å². The van der Waals surface area contributed by atoms with Crippen LogP contribution in [0.1, 0.15) is 37.3 Å². The van der Waals surface area contributed by atoms with Crippen LogP contribution in [-0.2, 0) is 10.2 Å². The molecule has 17 heavy (non-hydrogen) atoms. The maximum Gasteiger partial charge on any atom is 0.314 e. The molecule has 3 heteroatoms. The smallest absolute Gasteiger partial charge is 0.314 e. The van der Waals surface area contributed by atoms with Crippen molar-refractivity contribution in [2.75, 3.05) is 0 Å². The van der Waals surface area contributed by atoms with Gasteiger partial charge >= 0.3 is 5.97 Å². The molecule has 0 aliphatic heterocycles. The van der Waals surface area contributed by atoms with Crippen LogP contribution < -0.4 is 0 Å². The van der Waals surface area contributed by atoms with E-state index in [0.29, 0.717) is 17.9 Å². The number of carbonyl (C=O) groups is 1. The standard InChI is InChI=1S/C14H15ClO2/c1-9(2)10-6-11(8-12(15)7-10)14(13(16)17)4-3-5-14/h6-8H,1,3-5H2,2H3,(H,16,17). The summed E-state index contributed by atoms with van der Waals surface area (Å²) < 4.78 is 0. The normalized spacial score (nSPS) is 17.3. The Morgan fingerprint density at radius 2 is 2.06 bits per heavy atom. The van der Waals surface area contributed by atoms with Crippen molar-refractivity contribution in [3.63, 3.8) is 0 Å². The summed E-state index contributed by atoms with van der Waals surface area (Å²) in [6.07, 6.45) is 2.35. The second kappa shape index (κ2) is 4.19. The number of benzene rings is 1. The van der Waals surface area contributed by atoms with Gasteiger partial charge in [0.15, 0.2) is 0 Å². The zero-order chi connectivity index (χ0) is 12.6. The van der Waals surface area contributed by atoms with Crippen molar-refractivity contribution in [2.45, 2.75) is 31.6 Å². The molecule has 0 aromatic heterocycles. The molecule has 1 aliphatic carbocycles. The Morgan fingerprint density at radius 3 is 2.47 bits per heavy atom. The SMILES string of the molecule is C=C(C)c1cc(Cl)cc(C2(C(=O)O)CCC2)c1. The maximum atomic E-state index is 11.4. The molecule has 0 atom stereocenters. The Bertz CT molecular complexity index is 487. The summed E-state index contributed by atoms with van der Waals surface area (Å²) in [5.41, 5.74) is 1.89. The molecule has 1 aliphatic rings. The number of carboxylic acid groups (broad SMARTS) is 1. The molecule has 1 aromatic rings. The van der Waals surface area contributed by atoms with Gasteiger partial charge in [-0.05, 0) is 43.0 Å². The van der Waals surface area contributed by atoms with Crippen molar-refractivity contribution < 1.29 is 9.90 Å². The molecule has 1 fully saturated rings. The number of hydrogen-bond acceptors (Lipinski definition) is 1. The lowest BCUT2D eigenvalue weighted by Gasteiger charge is -2.38. The molecule has 0 heterocycles. The van der Waals surface area contributed by atoms with Crippen LogP contribution in [-0.4, -0.2) is 11.1 Å². The highest BCUT2D eigenvalue weighted by atomic mass is 35.5. The second-order valence-corrected chi connectivity index (χ2v) is 5.19. The number of carboxylic acids is 1. The Balaban J connectivity index is 2.51. The van der Waals surface area contributed by atoms with Crippen LogP contribution in [0, 0.1) is 0 Å². The van der Waals surface area contributed by atoms with Crippen LogP contribution in [0.2, 0.25) is 5.02 Å². The topological polar surface area (TPSA) is 37.3 Å². The summed E-state index contributed by atoms with van der Waals surface area (Å²) in [5, 5.41) is 9.97. The highest BCUT2D eigenvalue weighted by Gasteiger charge is 2.46. The van der Waals surface area contributed by atoms with Gasteiger partial charge in [0.2, 0.25) is 0 Å². The maximum absolute atomic E-state index is 11.4. The van der Waals surface area contributed by atoms with E-state index in [1.54, 1.807) is 6.07 Å². The first-order valence-corrected chi connectivity index (χ1v) is 6.04. The molecule has 1 saturated carbocycles. The van der Waals surface area contributed by atoms with Crippen LogP contribution in [0.25, 0.3) is 5.57 Å². The van der Waals surface area contributed by atoms with E-state index in [-0.39, 0.29) is 0 Å². The zero-order valence-electron chi connectivity index (χ0n) is 9.79. The summed E-state index contributed by atoms with van der Waals surface area (Å²) in [7, 11) is 0. The summed E-state index contributed by atoms with van der Waals surface area (Å²) in [6.45, 7) is 5.76. The van der Waals surface area contributed by atoms with Crippen molar-refractivity contribution in [1.29, 1.82) is 0 Å². The quantitative estimate of drug-likeness (QED) is 0.884. The van der Waals surface area contributed by atoms with Crippen molar-refractivity contribution in [3.05, 3.63) is 40.9 Å². The van der Waals surface area contributed by atoms with Gasteiger partial charge < -0.3 is 5.11 Å². The van der Waals surface area contributed by atoms with E-state index in [4.69, 9.17) is 11.6 Å². The molecule has 0 bridgehead atoms. The molecule has 0 saturated heterocycles. The van der Waals surface area contributed by atoms with E-state index in [1.807, 2.05) is 19.1 Å². The van der Waals surface area contributed by atoms with Crippen LogP contribution in [0.15, 0.2) is 24.8 Å². The molecular formula is C14H15ClO2. The fourth-order valence-electron chi connectivity index (χ4n) is 2.27. The third kappa shape index (κ3) is 1.98. The van der Waals surface area contributed by atoms with Gasteiger partial charge in [-0.1, -0.05) is 36.2 Å². The zero-order valence-corrected chi connectivity index (χ0v) is 10.5. The Hall–Kier alpha value is -1.28. The molecule has 2 rings (SSSR count). The molecule has 0 spiro atoms. The lowest BCUT2D eigenvalue weighted by atomic mass is 9.64. The second-order valence-electron chi connectivity index (χ2n) is 4.75. The van der Waals surface area contributed by atoms with Crippen LogP contribution in [0.3, 0.4) is 0 Å². The minimum atomic E-state index is -0.751. The van der Waals surface area contributed by atoms with E-state index in [1.165, 1.54) is 0 Å². The first-order chi connectivity index (χ1) is 7.95. The van der Waals surface area contributed by atoms with Crippen LogP contribution in [0.5, 0.6) is 0 Å². The largest absolute Gasteiger partial charge is 0.481 e. The number of rotatable bonds is 3. The fraction of sp³-hybridized carbons (Fsp3) is 0.357. The van der Waals surface area contributed by atoms with Gasteiger partial charge in [0.25, 0.3) is 0 Å². The molecule has 0 amide bonds. The van der Waals surface area contributed by atoms with Crippen LogP contribution in [0.4, 0.5) is 0 Å². The molecule has 1 N–H and O–H groups in total. The minimum absolute atomic E-state index is 0.577. The third-order valence-electron chi connectivity index (χ3n) is 3.56. The van der Waals surface area contributed by atoms with E-state index in [9.17, 15) is 9.90 Å². The first-order valence-electron chi connectivity index (χ1n) is 5.66. The van der Waals surface area contributed by atoms with E-state index in [2.05, 4.69) is 6.58 Å². The molecule has 1 aromatic carbocycles. The highest BCUT2D eigenvalue weighted by molar-refractivity contribution is 6.30. The number of allylic oxidation sites excluding steroid dienone is 1. The van der Waals surface area contributed by atoms with Gasteiger partial charge in [0.1, 0.15) is 0 Å². The van der Waals surface area contributed by atoms with Crippen molar-refractivity contribution in [3.8, 4) is 0 Å². The molecule has 2 nitrogen and oxygen atoms in total. The molecular weight excluding hydrogens is 236 g/mol. The number of hydrogen-bond donors (Lipinski definition) is 1. The minimum Gasteiger partial charge on any atom is -0.481 e. The summed E-state index contributed by atoms with van der Waals surface area (Å²) in [5.74, 6) is -0.751. The monoisotopic (exact) mass is 250 g/mol. The first kappa shape index (κ1) is 12.2. The molecule has 90 valence electrons. The average Bonchev–Trinajstić information content (AvgIpc) is 2.13. The van der Waals surface area contributed by atoms with Crippen LogP contribution >= 0.6 is 11.6 Å². The van der Waals surface area contributed by atoms with Crippen molar-refractivity contribution in [2.24, 2.45) is 0 Å². The van der Waals surface area contributed by atoms with Crippen molar-refractivity contribution in [1.82, 2.24) is 0 Å². The van der Waals surface area contributed by atoms with Gasteiger partial charge in [-0.2, -0.15) is 0 Å². The fourth-order valence-corrected chi connectivity index (χ4v) is 2.50. The predicted molar refractivity (Wildman–Crippen MR) is 69.3 cm³/mol. The lowest BCUT2D eigenvalue weighted by molar-refractivity contribution is -0.147. The van der Waals surface area contributed by atoms with E-state index in [0.717, 1.165) is 23.1 Å². The van der Waals surface area contributed by atoms with Gasteiger partial charge in [0, 0.05) is 5.02 Å². The predicted octanol–water partition coefficient (Wildman–Crippen LogP) is 3.88. The van der Waals surface area contributed by atoms with Gasteiger partial charge in [0.05, 0.1) is 5.41 Å². The van der Waals surface area contributed by atoms with E-state index >= 15 is 0 Å². The average molecular weight is 251 g/mol. The van der Waals surface area contributed by atoms with Gasteiger partial charge in [-0.25, -0.2) is 0 Å². The lowest BCUT2D eigenvalue weighted by Crippen LogP contribution is -2.42. The highest BCUT2D eigenvalue weighted by Crippen LogP contribution is 2.45. The Morgan fingerprint density at radius 1 is 1.41 bits per heavy atom. The Kier molecular flexibility index (Phi) is 3.00.